The third kappa shape index (κ3) is 3.63. The lowest BCUT2D eigenvalue weighted by Gasteiger charge is -2.27. The number of hydrogen-bond donors (Lipinski definition) is 0. The number of rotatable bonds is 4. The maximum absolute atomic E-state index is 14.0. The van der Waals surface area contributed by atoms with Crippen molar-refractivity contribution in [3.63, 3.8) is 0 Å². The highest BCUT2D eigenvalue weighted by Gasteiger charge is 2.43. The van der Waals surface area contributed by atoms with E-state index in [-0.39, 0.29) is 36.8 Å². The van der Waals surface area contributed by atoms with E-state index in [4.69, 9.17) is 9.15 Å². The van der Waals surface area contributed by atoms with Crippen molar-refractivity contribution in [2.24, 2.45) is 0 Å². The van der Waals surface area contributed by atoms with E-state index in [1.54, 1.807) is 4.57 Å². The summed E-state index contributed by atoms with van der Waals surface area (Å²) < 4.78 is 53.6. The van der Waals surface area contributed by atoms with Gasteiger partial charge in [0.05, 0.1) is 24.3 Å². The summed E-state index contributed by atoms with van der Waals surface area (Å²) in [4.78, 5) is 20.3. The van der Waals surface area contributed by atoms with Gasteiger partial charge in [-0.25, -0.2) is 18.2 Å². The van der Waals surface area contributed by atoms with E-state index >= 15 is 0 Å². The Morgan fingerprint density at radius 1 is 1.19 bits per heavy atom. The van der Waals surface area contributed by atoms with E-state index in [9.17, 15) is 23.3 Å². The normalized spacial score (nSPS) is 19.6. The lowest BCUT2D eigenvalue weighted by molar-refractivity contribution is -0.389. The summed E-state index contributed by atoms with van der Waals surface area (Å²) in [6.07, 6.45) is 1.33. The number of ether oxygens (including phenoxy) is 1. The van der Waals surface area contributed by atoms with Crippen molar-refractivity contribution < 1.29 is 27.2 Å². The maximum atomic E-state index is 14.0. The molecule has 0 spiro atoms. The van der Waals surface area contributed by atoms with Gasteiger partial charge >= 0.3 is 11.8 Å². The van der Waals surface area contributed by atoms with Gasteiger partial charge in [0, 0.05) is 24.1 Å². The summed E-state index contributed by atoms with van der Waals surface area (Å²) in [6.45, 7) is 3.48. The molecule has 0 unspecified atom stereocenters. The second-order valence-corrected chi connectivity index (χ2v) is 7.60. The molecule has 0 saturated heterocycles. The van der Waals surface area contributed by atoms with Crippen molar-refractivity contribution in [3.8, 4) is 17.5 Å². The minimum absolute atomic E-state index is 0. The van der Waals surface area contributed by atoms with Gasteiger partial charge in [-0.1, -0.05) is 0 Å². The zero-order chi connectivity index (χ0) is 21.2. The Balaban J connectivity index is 0.00000231. The van der Waals surface area contributed by atoms with Gasteiger partial charge in [0.25, 0.3) is 0 Å². The molecule has 5 rings (SSSR count). The highest BCUT2D eigenvalue weighted by molar-refractivity contribution is 7.59. The van der Waals surface area contributed by atoms with E-state index in [1.165, 1.54) is 6.20 Å². The minimum Gasteiger partial charge on any atom is -0.439 e. The first kappa shape index (κ1) is 21.2. The Hall–Kier alpha value is -3.06. The summed E-state index contributed by atoms with van der Waals surface area (Å²) in [6, 6.07) is 1.37. The minimum atomic E-state index is -1.28. The topological polar surface area (TPSA) is 99.5 Å². The molecule has 0 N–H and O–H groups in total. The third-order valence-corrected chi connectivity index (χ3v) is 5.07. The first-order valence-corrected chi connectivity index (χ1v) is 8.97. The highest BCUT2D eigenvalue weighted by Crippen LogP contribution is 2.35. The summed E-state index contributed by atoms with van der Waals surface area (Å²) >= 11 is 0. The number of halogens is 3. The molecular formula is C18H16F3N5O4S. The van der Waals surface area contributed by atoms with Crippen LogP contribution in [-0.2, 0) is 19.6 Å². The Morgan fingerprint density at radius 2 is 1.94 bits per heavy atom. The van der Waals surface area contributed by atoms with Crippen LogP contribution in [0.4, 0.5) is 19.0 Å². The molecule has 0 bridgehead atoms. The Labute approximate surface area is 180 Å². The van der Waals surface area contributed by atoms with Crippen molar-refractivity contribution in [1.82, 2.24) is 19.4 Å². The molecule has 1 atom stereocenters. The van der Waals surface area contributed by atoms with Crippen LogP contribution in [0, 0.1) is 27.6 Å². The van der Waals surface area contributed by atoms with Crippen LogP contribution in [0.2, 0.25) is 0 Å². The molecule has 0 fully saturated rings. The molecular weight excluding hydrogens is 439 g/mol. The fourth-order valence-electron chi connectivity index (χ4n) is 3.85. The average Bonchev–Trinajstić information content (AvgIpc) is 3.36. The zero-order valence-corrected chi connectivity index (χ0v) is 17.1. The molecule has 0 radical (unpaired) electrons. The van der Waals surface area contributed by atoms with Crippen LogP contribution in [-0.4, -0.2) is 36.5 Å². The van der Waals surface area contributed by atoms with Crippen molar-refractivity contribution in [3.05, 3.63) is 57.3 Å². The van der Waals surface area contributed by atoms with Gasteiger partial charge < -0.3 is 19.3 Å². The Kier molecular flexibility index (Phi) is 4.97. The smallest absolute Gasteiger partial charge is 0.415 e. The predicted molar refractivity (Wildman–Crippen MR) is 104 cm³/mol. The molecule has 13 heteroatoms. The second-order valence-electron chi connectivity index (χ2n) is 7.60. The van der Waals surface area contributed by atoms with Crippen LogP contribution in [0.1, 0.15) is 18.4 Å². The van der Waals surface area contributed by atoms with E-state index < -0.39 is 28.0 Å². The summed E-state index contributed by atoms with van der Waals surface area (Å²) in [5.41, 5.74) is -0.326. The number of nitrogens with zero attached hydrogens (tertiary/aromatic N) is 5. The molecule has 2 aliphatic rings. The summed E-state index contributed by atoms with van der Waals surface area (Å²) in [5.74, 6) is -3.29. The van der Waals surface area contributed by atoms with Crippen molar-refractivity contribution in [2.75, 3.05) is 6.54 Å². The fourth-order valence-corrected chi connectivity index (χ4v) is 3.85. The number of aromatic nitrogens is 3. The van der Waals surface area contributed by atoms with Crippen LogP contribution in [0.3, 0.4) is 0 Å². The van der Waals surface area contributed by atoms with Crippen LogP contribution in [0.15, 0.2) is 22.7 Å². The Bertz CT molecular complexity index is 1150. The molecule has 2 aromatic heterocycles. The summed E-state index contributed by atoms with van der Waals surface area (Å²) in [5, 5.41) is 10.8. The third-order valence-electron chi connectivity index (χ3n) is 5.07. The second kappa shape index (κ2) is 7.27. The standard InChI is InChI=1S/C18H14F3N5O4.H2S/c1-18(8-25-6-15(26(27)28)23-17(25)30-18)7-24-4-13-14(5-24)29-16(22-13)9-2-11(20)12(21)3-10(9)19;/h2-3,6H,4-5,7-8H2,1H3;1H2/t18-;/m0./s1. The van der Waals surface area contributed by atoms with Crippen molar-refractivity contribution >= 4 is 19.3 Å². The highest BCUT2D eigenvalue weighted by atomic mass is 32.1. The predicted octanol–water partition coefficient (Wildman–Crippen LogP) is 3.14. The van der Waals surface area contributed by atoms with E-state index in [0.29, 0.717) is 43.7 Å². The first-order valence-electron chi connectivity index (χ1n) is 8.97. The van der Waals surface area contributed by atoms with Gasteiger partial charge in [-0.3, -0.25) is 9.47 Å². The lowest BCUT2D eigenvalue weighted by atomic mass is 10.1. The maximum Gasteiger partial charge on any atom is 0.415 e. The first-order chi connectivity index (χ1) is 14.2. The number of nitro groups is 1. The number of benzene rings is 1. The van der Waals surface area contributed by atoms with Gasteiger partial charge in [-0.05, 0) is 17.9 Å². The molecule has 2 aliphatic heterocycles. The molecule has 1 aromatic carbocycles. The van der Waals surface area contributed by atoms with Crippen molar-refractivity contribution in [2.45, 2.75) is 32.2 Å². The van der Waals surface area contributed by atoms with Crippen LogP contribution < -0.4 is 4.74 Å². The molecule has 3 aromatic rings. The van der Waals surface area contributed by atoms with E-state index in [2.05, 4.69) is 9.97 Å². The zero-order valence-electron chi connectivity index (χ0n) is 16.1. The van der Waals surface area contributed by atoms with Crippen LogP contribution >= 0.6 is 13.5 Å². The van der Waals surface area contributed by atoms with Crippen LogP contribution in [0.25, 0.3) is 11.5 Å². The summed E-state index contributed by atoms with van der Waals surface area (Å²) in [7, 11) is 0. The monoisotopic (exact) mass is 455 g/mol. The molecule has 164 valence electrons. The van der Waals surface area contributed by atoms with E-state index in [1.807, 2.05) is 11.8 Å². The lowest BCUT2D eigenvalue weighted by Crippen LogP contribution is -2.43. The number of hydrogen-bond acceptors (Lipinski definition) is 7. The van der Waals surface area contributed by atoms with Gasteiger partial charge in [0.1, 0.15) is 23.4 Å². The SMILES string of the molecule is C[C@]1(CN2Cc3nc(-c4cc(F)c(F)cc4F)oc3C2)Cn2cc([N+](=O)[O-])nc2O1.S. The molecule has 4 heterocycles. The Morgan fingerprint density at radius 3 is 2.61 bits per heavy atom. The van der Waals surface area contributed by atoms with E-state index in [0.717, 1.165) is 6.07 Å². The molecule has 31 heavy (non-hydrogen) atoms. The van der Waals surface area contributed by atoms with Crippen molar-refractivity contribution in [1.29, 1.82) is 0 Å². The average molecular weight is 455 g/mol. The number of fused-ring (bicyclic) bond motifs is 2. The quantitative estimate of drug-likeness (QED) is 0.339. The number of oxazole rings is 1. The van der Waals surface area contributed by atoms with Gasteiger partial charge in [-0.15, -0.1) is 0 Å². The molecule has 0 saturated carbocycles. The van der Waals surface area contributed by atoms with Crippen LogP contribution in [0.5, 0.6) is 6.01 Å². The fraction of sp³-hybridized carbons (Fsp3) is 0.333. The number of imidazole rings is 1. The molecule has 0 amide bonds. The molecule has 0 aliphatic carbocycles. The van der Waals surface area contributed by atoms with Gasteiger partial charge in [-0.2, -0.15) is 13.5 Å². The van der Waals surface area contributed by atoms with Gasteiger partial charge in [0.2, 0.25) is 5.89 Å². The molecule has 9 nitrogen and oxygen atoms in total. The largest absolute Gasteiger partial charge is 0.439 e. The van der Waals surface area contributed by atoms with Gasteiger partial charge in [0.15, 0.2) is 11.6 Å².